The Morgan fingerprint density at radius 3 is 2.57 bits per heavy atom. The fourth-order valence-electron chi connectivity index (χ4n) is 3.48. The van der Waals surface area contributed by atoms with Crippen LogP contribution in [-0.2, 0) is 11.8 Å². The minimum Gasteiger partial charge on any atom is -0.339 e. The Labute approximate surface area is 126 Å². The number of carbonyl (C=O) groups is 1. The smallest absolute Gasteiger partial charge is 0.236 e. The summed E-state index contributed by atoms with van der Waals surface area (Å²) in [5.74, 6) is 0.911. The van der Waals surface area contributed by atoms with E-state index in [0.717, 1.165) is 32.5 Å². The van der Waals surface area contributed by atoms with Gasteiger partial charge in [-0.1, -0.05) is 0 Å². The molecule has 5 heteroatoms. The maximum atomic E-state index is 12.4. The van der Waals surface area contributed by atoms with Crippen molar-refractivity contribution in [2.75, 3.05) is 26.2 Å². The molecule has 0 atom stereocenters. The van der Waals surface area contributed by atoms with Crippen molar-refractivity contribution in [3.8, 4) is 0 Å². The molecule has 3 rings (SSSR count). The number of hydrogen-bond donors (Lipinski definition) is 0. The minimum absolute atomic E-state index is 0.319. The second kappa shape index (κ2) is 6.18. The van der Waals surface area contributed by atoms with Crippen LogP contribution in [0.15, 0.2) is 12.3 Å². The summed E-state index contributed by atoms with van der Waals surface area (Å²) in [7, 11) is 2.01. The largest absolute Gasteiger partial charge is 0.339 e. The highest BCUT2D eigenvalue weighted by atomic mass is 16.2. The highest BCUT2D eigenvalue weighted by Gasteiger charge is 2.32. The zero-order valence-electron chi connectivity index (χ0n) is 13.2. The molecular formula is C16H26N4O. The van der Waals surface area contributed by atoms with E-state index in [-0.39, 0.29) is 0 Å². The van der Waals surface area contributed by atoms with Gasteiger partial charge in [-0.15, -0.1) is 0 Å². The Bertz CT molecular complexity index is 486. The number of carbonyl (C=O) groups excluding carboxylic acids is 1. The molecule has 2 aliphatic rings. The van der Waals surface area contributed by atoms with Gasteiger partial charge in [-0.05, 0) is 51.8 Å². The van der Waals surface area contributed by atoms with Crippen LogP contribution in [0.4, 0.5) is 0 Å². The normalized spacial score (nSPS) is 20.7. The lowest BCUT2D eigenvalue weighted by Gasteiger charge is -2.33. The number of likely N-dealkylation sites (tertiary alicyclic amines) is 1. The van der Waals surface area contributed by atoms with Crippen molar-refractivity contribution in [3.63, 3.8) is 0 Å². The van der Waals surface area contributed by atoms with Crippen LogP contribution in [0.3, 0.4) is 0 Å². The molecule has 5 nitrogen and oxygen atoms in total. The fraction of sp³-hybridized carbons (Fsp3) is 0.750. The first-order chi connectivity index (χ1) is 10.2. The number of hydrogen-bond acceptors (Lipinski definition) is 3. The van der Waals surface area contributed by atoms with Gasteiger partial charge in [0, 0.05) is 37.4 Å². The monoisotopic (exact) mass is 290 g/mol. The number of piperidine rings is 1. The molecule has 0 bridgehead atoms. The molecule has 1 aromatic heterocycles. The standard InChI is InChI=1S/C16H26N4O/c1-3-20(14-4-5-14)16(21)12-19-10-7-13(8-11-19)15-6-9-17-18(15)2/h6,9,13-14H,3-5,7-8,10-12H2,1-2H3. The maximum absolute atomic E-state index is 12.4. The van der Waals surface area contributed by atoms with Gasteiger partial charge in [0.15, 0.2) is 0 Å². The van der Waals surface area contributed by atoms with Gasteiger partial charge in [-0.2, -0.15) is 5.10 Å². The Balaban J connectivity index is 1.49. The topological polar surface area (TPSA) is 41.4 Å². The van der Waals surface area contributed by atoms with Gasteiger partial charge in [0.2, 0.25) is 5.91 Å². The summed E-state index contributed by atoms with van der Waals surface area (Å²) in [5, 5.41) is 4.26. The summed E-state index contributed by atoms with van der Waals surface area (Å²) in [5.41, 5.74) is 1.33. The quantitative estimate of drug-likeness (QED) is 0.827. The van der Waals surface area contributed by atoms with E-state index < -0.39 is 0 Å². The minimum atomic E-state index is 0.319. The first kappa shape index (κ1) is 14.6. The number of aromatic nitrogens is 2. The maximum Gasteiger partial charge on any atom is 0.236 e. The van der Waals surface area contributed by atoms with Crippen LogP contribution in [0.2, 0.25) is 0 Å². The van der Waals surface area contributed by atoms with Gasteiger partial charge < -0.3 is 4.90 Å². The van der Waals surface area contributed by atoms with E-state index in [4.69, 9.17) is 0 Å². The molecule has 116 valence electrons. The van der Waals surface area contributed by atoms with E-state index >= 15 is 0 Å². The van der Waals surface area contributed by atoms with Crippen molar-refractivity contribution < 1.29 is 4.79 Å². The Kier molecular flexibility index (Phi) is 4.29. The molecule has 0 aromatic carbocycles. The van der Waals surface area contributed by atoms with Crippen LogP contribution in [0, 0.1) is 0 Å². The summed E-state index contributed by atoms with van der Waals surface area (Å²) in [4.78, 5) is 16.7. The summed E-state index contributed by atoms with van der Waals surface area (Å²) in [6.07, 6.45) is 6.52. The summed E-state index contributed by atoms with van der Waals surface area (Å²) >= 11 is 0. The van der Waals surface area contributed by atoms with Crippen LogP contribution in [-0.4, -0.2) is 57.7 Å². The van der Waals surface area contributed by atoms with Crippen LogP contribution in [0.5, 0.6) is 0 Å². The molecule has 2 fully saturated rings. The van der Waals surface area contributed by atoms with Crippen molar-refractivity contribution in [2.45, 2.75) is 44.6 Å². The summed E-state index contributed by atoms with van der Waals surface area (Å²) in [6.45, 7) is 5.58. The fourth-order valence-corrected chi connectivity index (χ4v) is 3.48. The SMILES string of the molecule is CCN(C(=O)CN1CCC(c2ccnn2C)CC1)C1CC1. The highest BCUT2D eigenvalue weighted by molar-refractivity contribution is 5.78. The predicted molar refractivity (Wildman–Crippen MR) is 82.0 cm³/mol. The average molecular weight is 290 g/mol. The molecule has 21 heavy (non-hydrogen) atoms. The van der Waals surface area contributed by atoms with Crippen LogP contribution < -0.4 is 0 Å². The van der Waals surface area contributed by atoms with E-state index in [9.17, 15) is 4.79 Å². The molecule has 0 unspecified atom stereocenters. The molecular weight excluding hydrogens is 264 g/mol. The molecule has 1 amide bonds. The molecule has 1 saturated carbocycles. The van der Waals surface area contributed by atoms with Gasteiger partial charge in [0.25, 0.3) is 0 Å². The number of aryl methyl sites for hydroxylation is 1. The van der Waals surface area contributed by atoms with E-state index in [1.807, 2.05) is 17.9 Å². The molecule has 0 radical (unpaired) electrons. The van der Waals surface area contributed by atoms with Gasteiger partial charge in [0.1, 0.15) is 0 Å². The lowest BCUT2D eigenvalue weighted by Crippen LogP contribution is -2.44. The van der Waals surface area contributed by atoms with Gasteiger partial charge in [0.05, 0.1) is 6.54 Å². The van der Waals surface area contributed by atoms with Crippen molar-refractivity contribution >= 4 is 5.91 Å². The van der Waals surface area contributed by atoms with Crippen LogP contribution in [0.25, 0.3) is 0 Å². The van der Waals surface area contributed by atoms with Gasteiger partial charge >= 0.3 is 0 Å². The highest BCUT2D eigenvalue weighted by Crippen LogP contribution is 2.29. The van der Waals surface area contributed by atoms with Gasteiger partial charge in [-0.25, -0.2) is 0 Å². The van der Waals surface area contributed by atoms with E-state index in [1.54, 1.807) is 0 Å². The van der Waals surface area contributed by atoms with Crippen molar-refractivity contribution in [3.05, 3.63) is 18.0 Å². The molecule has 2 heterocycles. The lowest BCUT2D eigenvalue weighted by atomic mass is 9.93. The second-order valence-corrected chi connectivity index (χ2v) is 6.34. The third-order valence-corrected chi connectivity index (χ3v) is 4.87. The zero-order chi connectivity index (χ0) is 14.8. The predicted octanol–water partition coefficient (Wildman–Crippen LogP) is 1.61. The summed E-state index contributed by atoms with van der Waals surface area (Å²) in [6, 6.07) is 2.66. The van der Waals surface area contributed by atoms with Gasteiger partial charge in [-0.3, -0.25) is 14.4 Å². The number of nitrogens with zero attached hydrogens (tertiary/aromatic N) is 4. The first-order valence-corrected chi connectivity index (χ1v) is 8.18. The van der Waals surface area contributed by atoms with Crippen molar-refractivity contribution in [1.29, 1.82) is 0 Å². The lowest BCUT2D eigenvalue weighted by molar-refractivity contribution is -0.133. The number of rotatable bonds is 5. The molecule has 1 saturated heterocycles. The van der Waals surface area contributed by atoms with Crippen molar-refractivity contribution in [1.82, 2.24) is 19.6 Å². The Morgan fingerprint density at radius 2 is 2.05 bits per heavy atom. The third-order valence-electron chi connectivity index (χ3n) is 4.87. The Morgan fingerprint density at radius 1 is 1.33 bits per heavy atom. The molecule has 1 aromatic rings. The molecule has 1 aliphatic heterocycles. The number of amides is 1. The van der Waals surface area contributed by atoms with Crippen molar-refractivity contribution in [2.24, 2.45) is 7.05 Å². The summed E-state index contributed by atoms with van der Waals surface area (Å²) < 4.78 is 1.98. The zero-order valence-corrected chi connectivity index (χ0v) is 13.2. The van der Waals surface area contributed by atoms with Crippen LogP contribution in [0.1, 0.15) is 44.2 Å². The van der Waals surface area contributed by atoms with Crippen LogP contribution >= 0.6 is 0 Å². The average Bonchev–Trinajstić information content (AvgIpc) is 3.22. The molecule has 1 aliphatic carbocycles. The molecule has 0 N–H and O–H groups in total. The van der Waals surface area contributed by atoms with E-state index in [0.29, 0.717) is 24.4 Å². The number of likely N-dealkylation sites (N-methyl/N-ethyl adjacent to an activating group) is 1. The first-order valence-electron chi connectivity index (χ1n) is 8.18. The van der Waals surface area contributed by atoms with E-state index in [1.165, 1.54) is 18.5 Å². The van der Waals surface area contributed by atoms with E-state index in [2.05, 4.69) is 27.9 Å². The second-order valence-electron chi connectivity index (χ2n) is 6.34. The Hall–Kier alpha value is -1.36. The molecule has 0 spiro atoms. The third kappa shape index (κ3) is 3.28.